The fourth-order valence-electron chi connectivity index (χ4n) is 2.57. The molecule has 7 heteroatoms. The Morgan fingerprint density at radius 3 is 2.83 bits per heavy atom. The van der Waals surface area contributed by atoms with Crippen LogP contribution in [-0.4, -0.2) is 15.3 Å². The molecule has 0 aliphatic carbocycles. The van der Waals surface area contributed by atoms with Gasteiger partial charge >= 0.3 is 0 Å². The molecule has 0 saturated carbocycles. The third-order valence-corrected chi connectivity index (χ3v) is 6.58. The molecule has 0 aromatic carbocycles. The zero-order chi connectivity index (χ0) is 16.5. The second kappa shape index (κ2) is 6.51. The minimum Gasteiger partial charge on any atom is -0.348 e. The van der Waals surface area contributed by atoms with Crippen molar-refractivity contribution in [2.45, 2.75) is 19.4 Å². The fourth-order valence-corrected chi connectivity index (χ4v) is 4.85. The van der Waals surface area contributed by atoms with Crippen LogP contribution in [0.4, 0.5) is 0 Å². The van der Waals surface area contributed by atoms with Gasteiger partial charge in [-0.2, -0.15) is 0 Å². The highest BCUT2D eigenvalue weighted by Crippen LogP contribution is 2.27. The number of carbonyl (C=O) groups excluding carboxylic acids is 1. The molecule has 4 nitrogen and oxygen atoms in total. The maximum Gasteiger partial charge on any atom is 0.226 e. The number of nitrogens with one attached hydrogen (secondary N) is 1. The van der Waals surface area contributed by atoms with E-state index >= 15 is 0 Å². The highest BCUT2D eigenvalue weighted by molar-refractivity contribution is 7.15. The van der Waals surface area contributed by atoms with E-state index in [9.17, 15) is 4.79 Å². The third-order valence-electron chi connectivity index (χ3n) is 3.75. The minimum absolute atomic E-state index is 0.0296. The van der Waals surface area contributed by atoms with Gasteiger partial charge in [-0.25, -0.2) is 4.98 Å². The molecule has 0 spiro atoms. The van der Waals surface area contributed by atoms with Gasteiger partial charge in [0, 0.05) is 22.1 Å². The summed E-state index contributed by atoms with van der Waals surface area (Å²) in [5.41, 5.74) is 1.94. The summed E-state index contributed by atoms with van der Waals surface area (Å²) in [5.74, 6) is 0.0296. The molecule has 4 aromatic rings. The molecular formula is C17H15N3OS3. The third kappa shape index (κ3) is 3.02. The number of imidazole rings is 1. The number of rotatable bonds is 5. The van der Waals surface area contributed by atoms with Crippen LogP contribution in [0.3, 0.4) is 0 Å². The Morgan fingerprint density at radius 2 is 2.08 bits per heavy atom. The standard InChI is InChI=1S/C17H15N3OS3/c1-11(14-4-2-6-22-14)18-16(21)8-12-10-24-17-19-13(9-20(12)17)15-5-3-7-23-15/h2-7,9-11H,8H2,1H3,(H,18,21). The molecule has 24 heavy (non-hydrogen) atoms. The van der Waals surface area contributed by atoms with Crippen molar-refractivity contribution in [2.75, 3.05) is 0 Å². The predicted molar refractivity (Wildman–Crippen MR) is 101 cm³/mol. The first-order valence-corrected chi connectivity index (χ1v) is 10.2. The molecule has 4 rings (SSSR count). The number of nitrogens with zero attached hydrogens (tertiary/aromatic N) is 2. The molecule has 1 atom stereocenters. The van der Waals surface area contributed by atoms with Crippen LogP contribution in [0, 0.1) is 0 Å². The van der Waals surface area contributed by atoms with E-state index in [1.807, 2.05) is 51.9 Å². The molecular weight excluding hydrogens is 358 g/mol. The summed E-state index contributed by atoms with van der Waals surface area (Å²) in [6.45, 7) is 2.01. The van der Waals surface area contributed by atoms with Crippen molar-refractivity contribution in [1.82, 2.24) is 14.7 Å². The lowest BCUT2D eigenvalue weighted by atomic mass is 10.2. The predicted octanol–water partition coefficient (Wildman–Crippen LogP) is 4.61. The molecule has 0 saturated heterocycles. The SMILES string of the molecule is CC(NC(=O)Cc1csc2nc(-c3cccs3)cn12)c1cccs1. The molecule has 0 aliphatic heterocycles. The van der Waals surface area contributed by atoms with Crippen molar-refractivity contribution in [2.24, 2.45) is 0 Å². The Balaban J connectivity index is 1.51. The number of amides is 1. The van der Waals surface area contributed by atoms with Crippen molar-refractivity contribution in [3.63, 3.8) is 0 Å². The van der Waals surface area contributed by atoms with Crippen LogP contribution in [-0.2, 0) is 11.2 Å². The Labute approximate surface area is 151 Å². The number of thiophene rings is 2. The number of hydrogen-bond acceptors (Lipinski definition) is 5. The number of carbonyl (C=O) groups is 1. The lowest BCUT2D eigenvalue weighted by molar-refractivity contribution is -0.121. The monoisotopic (exact) mass is 373 g/mol. The van der Waals surface area contributed by atoms with Gasteiger partial charge in [0.05, 0.1) is 17.3 Å². The molecule has 0 bridgehead atoms. The van der Waals surface area contributed by atoms with Crippen molar-refractivity contribution in [1.29, 1.82) is 0 Å². The summed E-state index contributed by atoms with van der Waals surface area (Å²) >= 11 is 4.90. The lowest BCUT2D eigenvalue weighted by Gasteiger charge is -2.11. The first-order valence-electron chi connectivity index (χ1n) is 7.53. The Morgan fingerprint density at radius 1 is 1.25 bits per heavy atom. The normalized spacial score (nSPS) is 12.5. The Hall–Kier alpha value is -1.96. The van der Waals surface area contributed by atoms with Crippen molar-refractivity contribution in [3.8, 4) is 10.6 Å². The maximum atomic E-state index is 12.4. The van der Waals surface area contributed by atoms with Crippen LogP contribution in [0.25, 0.3) is 15.5 Å². The largest absolute Gasteiger partial charge is 0.348 e. The number of fused-ring (bicyclic) bond motifs is 1. The smallest absolute Gasteiger partial charge is 0.226 e. The first kappa shape index (κ1) is 15.6. The van der Waals surface area contributed by atoms with Gasteiger partial charge in [-0.15, -0.1) is 34.0 Å². The highest BCUT2D eigenvalue weighted by atomic mass is 32.1. The van der Waals surface area contributed by atoms with Gasteiger partial charge in [0.2, 0.25) is 5.91 Å². The molecule has 0 fully saturated rings. The quantitative estimate of drug-likeness (QED) is 0.555. The van der Waals surface area contributed by atoms with Crippen LogP contribution < -0.4 is 5.32 Å². The van der Waals surface area contributed by atoms with E-state index in [1.54, 1.807) is 34.0 Å². The minimum atomic E-state index is 0.0296. The van der Waals surface area contributed by atoms with Crippen molar-refractivity contribution < 1.29 is 4.79 Å². The van der Waals surface area contributed by atoms with E-state index < -0.39 is 0 Å². The number of thiazole rings is 1. The van der Waals surface area contributed by atoms with Gasteiger partial charge in [0.25, 0.3) is 0 Å². The van der Waals surface area contributed by atoms with Crippen LogP contribution in [0.15, 0.2) is 46.6 Å². The van der Waals surface area contributed by atoms with E-state index in [0.717, 1.165) is 21.2 Å². The van der Waals surface area contributed by atoms with Gasteiger partial charge in [0.1, 0.15) is 5.69 Å². The average Bonchev–Trinajstić information content (AvgIpc) is 3.33. The maximum absolute atomic E-state index is 12.4. The van der Waals surface area contributed by atoms with Crippen LogP contribution in [0.2, 0.25) is 0 Å². The van der Waals surface area contributed by atoms with E-state index in [1.165, 1.54) is 4.88 Å². The molecule has 122 valence electrons. The van der Waals surface area contributed by atoms with E-state index in [-0.39, 0.29) is 11.9 Å². The first-order chi connectivity index (χ1) is 11.7. The fraction of sp³-hybridized carbons (Fsp3) is 0.176. The van der Waals surface area contributed by atoms with Crippen LogP contribution in [0.1, 0.15) is 23.5 Å². The van der Waals surface area contributed by atoms with Gasteiger partial charge in [-0.05, 0) is 29.8 Å². The van der Waals surface area contributed by atoms with Crippen LogP contribution in [0.5, 0.6) is 0 Å². The number of aromatic nitrogens is 2. The van der Waals surface area contributed by atoms with Gasteiger partial charge in [-0.3, -0.25) is 9.20 Å². The van der Waals surface area contributed by atoms with Gasteiger partial charge in [-0.1, -0.05) is 12.1 Å². The molecule has 4 heterocycles. The van der Waals surface area contributed by atoms with Gasteiger partial charge in [0.15, 0.2) is 4.96 Å². The van der Waals surface area contributed by atoms with E-state index in [0.29, 0.717) is 6.42 Å². The molecule has 1 unspecified atom stereocenters. The van der Waals surface area contributed by atoms with Crippen LogP contribution >= 0.6 is 34.0 Å². The van der Waals surface area contributed by atoms with Crippen molar-refractivity contribution >= 4 is 44.9 Å². The summed E-state index contributed by atoms with van der Waals surface area (Å²) in [7, 11) is 0. The summed E-state index contributed by atoms with van der Waals surface area (Å²) in [6, 6.07) is 8.17. The summed E-state index contributed by atoms with van der Waals surface area (Å²) in [5, 5.41) is 9.14. The lowest BCUT2D eigenvalue weighted by Crippen LogP contribution is -2.27. The zero-order valence-electron chi connectivity index (χ0n) is 12.9. The van der Waals surface area contributed by atoms with Gasteiger partial charge < -0.3 is 5.32 Å². The Kier molecular flexibility index (Phi) is 4.22. The summed E-state index contributed by atoms with van der Waals surface area (Å²) in [4.78, 5) is 20.2. The average molecular weight is 374 g/mol. The molecule has 0 aliphatic rings. The second-order valence-electron chi connectivity index (χ2n) is 5.46. The molecule has 4 aromatic heterocycles. The summed E-state index contributed by atoms with van der Waals surface area (Å²) in [6.07, 6.45) is 2.37. The van der Waals surface area contributed by atoms with E-state index in [4.69, 9.17) is 0 Å². The van der Waals surface area contributed by atoms with Crippen molar-refractivity contribution in [3.05, 3.63) is 57.2 Å². The molecule has 1 amide bonds. The number of hydrogen-bond donors (Lipinski definition) is 1. The Bertz CT molecular complexity index is 951. The highest BCUT2D eigenvalue weighted by Gasteiger charge is 2.15. The van der Waals surface area contributed by atoms with E-state index in [2.05, 4.69) is 16.4 Å². The summed E-state index contributed by atoms with van der Waals surface area (Å²) < 4.78 is 2.02. The second-order valence-corrected chi connectivity index (χ2v) is 8.23. The molecule has 1 N–H and O–H groups in total. The zero-order valence-corrected chi connectivity index (χ0v) is 15.4. The molecule has 0 radical (unpaired) electrons. The topological polar surface area (TPSA) is 46.4 Å².